The maximum Gasteiger partial charge on any atom is 0.120 e. The Morgan fingerprint density at radius 1 is 0.920 bits per heavy atom. The lowest BCUT2D eigenvalue weighted by molar-refractivity contribution is -0.115. The summed E-state index contributed by atoms with van der Waals surface area (Å²) in [6.45, 7) is 7.78. The van der Waals surface area contributed by atoms with Gasteiger partial charge in [0.25, 0.3) is 0 Å². The predicted molar refractivity (Wildman–Crippen MR) is 104 cm³/mol. The summed E-state index contributed by atoms with van der Waals surface area (Å²) in [7, 11) is 0. The van der Waals surface area contributed by atoms with E-state index < -0.39 is 0 Å². The van der Waals surface area contributed by atoms with Crippen LogP contribution in [0, 0.1) is 46.3 Å². The zero-order chi connectivity index (χ0) is 17.7. The molecule has 4 fully saturated rings. The van der Waals surface area contributed by atoms with Crippen LogP contribution in [-0.2, 0) is 4.79 Å². The second-order valence-corrected chi connectivity index (χ2v) is 10.9. The van der Waals surface area contributed by atoms with E-state index in [1.165, 1.54) is 64.2 Å². The zero-order valence-corrected chi connectivity index (χ0v) is 16.9. The first-order valence-electron chi connectivity index (χ1n) is 11.4. The maximum absolute atomic E-state index is 10.8. The summed E-state index contributed by atoms with van der Waals surface area (Å²) >= 11 is 0. The topological polar surface area (TPSA) is 17.1 Å². The van der Waals surface area contributed by atoms with Crippen molar-refractivity contribution in [3.63, 3.8) is 0 Å². The monoisotopic (exact) mass is 344 g/mol. The number of fused-ring (bicyclic) bond motifs is 5. The number of carbonyl (C=O) groups is 1. The number of carbonyl (C=O) groups excluding carboxylic acids is 1. The fourth-order valence-electron chi connectivity index (χ4n) is 8.80. The fourth-order valence-corrected chi connectivity index (χ4v) is 8.80. The van der Waals surface area contributed by atoms with E-state index >= 15 is 0 Å². The molecule has 0 saturated heterocycles. The van der Waals surface area contributed by atoms with Gasteiger partial charge in [0.15, 0.2) is 0 Å². The van der Waals surface area contributed by atoms with Crippen molar-refractivity contribution in [1.82, 2.24) is 0 Å². The average molecular weight is 345 g/mol. The lowest BCUT2D eigenvalue weighted by atomic mass is 9.44. The first-order chi connectivity index (χ1) is 12.0. The summed E-state index contributed by atoms with van der Waals surface area (Å²) < 4.78 is 0. The third-order valence-corrected chi connectivity index (χ3v) is 10.1. The number of aldehydes is 1. The van der Waals surface area contributed by atoms with E-state index in [-0.39, 0.29) is 0 Å². The van der Waals surface area contributed by atoms with Crippen molar-refractivity contribution in [3.8, 4) is 0 Å². The van der Waals surface area contributed by atoms with Crippen LogP contribution >= 0.6 is 0 Å². The number of hydrogen-bond acceptors (Lipinski definition) is 1. The van der Waals surface area contributed by atoms with Gasteiger partial charge in [0.1, 0.15) is 6.29 Å². The normalized spacial score (nSPS) is 50.4. The Kier molecular flexibility index (Phi) is 4.82. The largest absolute Gasteiger partial charge is 0.303 e. The highest BCUT2D eigenvalue weighted by Crippen LogP contribution is 2.68. The Balaban J connectivity index is 1.54. The highest BCUT2D eigenvalue weighted by atomic mass is 16.1. The van der Waals surface area contributed by atoms with Gasteiger partial charge in [-0.15, -0.1) is 0 Å². The van der Waals surface area contributed by atoms with Gasteiger partial charge in [-0.05, 0) is 104 Å². The van der Waals surface area contributed by atoms with Crippen molar-refractivity contribution in [2.24, 2.45) is 46.3 Å². The Morgan fingerprint density at radius 3 is 2.52 bits per heavy atom. The molecule has 0 amide bonds. The molecule has 0 aromatic heterocycles. The van der Waals surface area contributed by atoms with E-state index in [0.717, 1.165) is 54.6 Å². The molecule has 142 valence electrons. The molecule has 4 aliphatic rings. The highest BCUT2D eigenvalue weighted by Gasteiger charge is 2.59. The molecule has 0 aromatic carbocycles. The lowest BCUT2D eigenvalue weighted by Gasteiger charge is -2.61. The lowest BCUT2D eigenvalue weighted by Crippen LogP contribution is -2.53. The summed E-state index contributed by atoms with van der Waals surface area (Å²) in [5, 5.41) is 0. The first-order valence-corrected chi connectivity index (χ1v) is 11.4. The Labute approximate surface area is 155 Å². The minimum atomic E-state index is 0.571. The van der Waals surface area contributed by atoms with Gasteiger partial charge in [-0.25, -0.2) is 0 Å². The molecule has 4 saturated carbocycles. The molecule has 4 rings (SSSR count). The molecule has 25 heavy (non-hydrogen) atoms. The van der Waals surface area contributed by atoms with Crippen LogP contribution in [0.4, 0.5) is 0 Å². The molecule has 1 heteroatoms. The summed E-state index contributed by atoms with van der Waals surface area (Å²) in [5.74, 6) is 5.66. The molecule has 0 aliphatic heterocycles. The third-order valence-electron chi connectivity index (χ3n) is 10.1. The molecular weight excluding hydrogens is 304 g/mol. The van der Waals surface area contributed by atoms with Gasteiger partial charge >= 0.3 is 0 Å². The Bertz CT molecular complexity index is 498. The smallest absolute Gasteiger partial charge is 0.120 e. The van der Waals surface area contributed by atoms with Crippen LogP contribution in [0.15, 0.2) is 0 Å². The van der Waals surface area contributed by atoms with Crippen LogP contribution in [0.1, 0.15) is 97.8 Å². The summed E-state index contributed by atoms with van der Waals surface area (Å²) in [6, 6.07) is 0. The molecule has 1 nitrogen and oxygen atoms in total. The van der Waals surface area contributed by atoms with Gasteiger partial charge in [0, 0.05) is 6.42 Å². The van der Waals surface area contributed by atoms with E-state index in [1.54, 1.807) is 0 Å². The molecule has 0 spiro atoms. The summed E-state index contributed by atoms with van der Waals surface area (Å²) in [5.41, 5.74) is 1.24. The summed E-state index contributed by atoms with van der Waals surface area (Å²) in [6.07, 6.45) is 18.0. The van der Waals surface area contributed by atoms with Gasteiger partial charge in [0.2, 0.25) is 0 Å². The van der Waals surface area contributed by atoms with Crippen molar-refractivity contribution in [2.45, 2.75) is 97.8 Å². The molecular formula is C24H40O. The van der Waals surface area contributed by atoms with Gasteiger partial charge in [-0.1, -0.05) is 33.6 Å². The van der Waals surface area contributed by atoms with Gasteiger partial charge in [-0.2, -0.15) is 0 Å². The Hall–Kier alpha value is -0.330. The maximum atomic E-state index is 10.8. The number of rotatable bonds is 4. The van der Waals surface area contributed by atoms with Crippen molar-refractivity contribution in [1.29, 1.82) is 0 Å². The predicted octanol–water partition coefficient (Wildman–Crippen LogP) is 6.65. The van der Waals surface area contributed by atoms with Crippen molar-refractivity contribution < 1.29 is 4.79 Å². The van der Waals surface area contributed by atoms with Crippen molar-refractivity contribution in [2.75, 3.05) is 0 Å². The van der Waals surface area contributed by atoms with Crippen molar-refractivity contribution in [3.05, 3.63) is 0 Å². The van der Waals surface area contributed by atoms with Crippen LogP contribution in [0.3, 0.4) is 0 Å². The van der Waals surface area contributed by atoms with Crippen LogP contribution in [0.25, 0.3) is 0 Å². The minimum absolute atomic E-state index is 0.571. The van der Waals surface area contributed by atoms with E-state index in [9.17, 15) is 4.79 Å². The average Bonchev–Trinajstić information content (AvgIpc) is 2.96. The zero-order valence-electron chi connectivity index (χ0n) is 16.9. The van der Waals surface area contributed by atoms with Crippen LogP contribution in [-0.4, -0.2) is 6.29 Å². The SMILES string of the molecule is C[C@H](CCC=O)[C@H]1CCC2C3CC[C@@H]4CCCC[C@]4(C)C3CC[C@@]21C. The standard InChI is InChI=1S/C24H40O/c1-17(7-6-16-25)20-11-12-21-19-10-9-18-8-4-5-14-23(18,2)22(19)13-15-24(20,21)3/h16-22H,4-15H2,1-3H3/t17-,18+,19?,20-,21?,22?,23+,24-/m1/s1. The molecule has 8 atom stereocenters. The van der Waals surface area contributed by atoms with Crippen LogP contribution in [0.2, 0.25) is 0 Å². The van der Waals surface area contributed by atoms with E-state index in [0.29, 0.717) is 10.8 Å². The molecule has 0 N–H and O–H groups in total. The molecule has 0 bridgehead atoms. The van der Waals surface area contributed by atoms with E-state index in [4.69, 9.17) is 0 Å². The van der Waals surface area contributed by atoms with E-state index in [2.05, 4.69) is 20.8 Å². The van der Waals surface area contributed by atoms with Crippen LogP contribution in [0.5, 0.6) is 0 Å². The highest BCUT2D eigenvalue weighted by molar-refractivity contribution is 5.49. The first kappa shape index (κ1) is 18.1. The number of hydrogen-bond donors (Lipinski definition) is 0. The second kappa shape index (κ2) is 6.68. The van der Waals surface area contributed by atoms with Gasteiger partial charge in [0.05, 0.1) is 0 Å². The molecule has 0 aromatic rings. The van der Waals surface area contributed by atoms with Gasteiger partial charge in [-0.3, -0.25) is 0 Å². The molecule has 4 aliphatic carbocycles. The van der Waals surface area contributed by atoms with Crippen LogP contribution < -0.4 is 0 Å². The summed E-state index contributed by atoms with van der Waals surface area (Å²) in [4.78, 5) is 10.8. The second-order valence-electron chi connectivity index (χ2n) is 10.9. The molecule has 0 heterocycles. The van der Waals surface area contributed by atoms with E-state index in [1.807, 2.05) is 0 Å². The minimum Gasteiger partial charge on any atom is -0.303 e. The van der Waals surface area contributed by atoms with Crippen molar-refractivity contribution >= 4 is 6.29 Å². The fraction of sp³-hybridized carbons (Fsp3) is 0.958. The van der Waals surface area contributed by atoms with Gasteiger partial charge < -0.3 is 4.79 Å². The Morgan fingerprint density at radius 2 is 1.72 bits per heavy atom. The molecule has 3 unspecified atom stereocenters. The molecule has 0 radical (unpaired) electrons. The quantitative estimate of drug-likeness (QED) is 0.522. The third kappa shape index (κ3) is 2.74.